The summed E-state index contributed by atoms with van der Waals surface area (Å²) >= 11 is 7.47. The van der Waals surface area contributed by atoms with Crippen molar-refractivity contribution < 1.29 is 14.7 Å². The quantitative estimate of drug-likeness (QED) is 0.372. The molecule has 1 atom stereocenters. The number of pyridine rings is 2. The third-order valence-corrected chi connectivity index (χ3v) is 7.88. The Morgan fingerprint density at radius 3 is 2.53 bits per heavy atom. The van der Waals surface area contributed by atoms with Crippen LogP contribution in [0.3, 0.4) is 0 Å². The molecule has 1 amide bonds. The van der Waals surface area contributed by atoms with E-state index in [1.165, 1.54) is 22.3 Å². The molecule has 2 aromatic heterocycles. The molecule has 176 valence electrons. The lowest BCUT2D eigenvalue weighted by molar-refractivity contribution is -0.904. The molecule has 3 aromatic rings. The number of piperazine rings is 1. The summed E-state index contributed by atoms with van der Waals surface area (Å²) in [4.78, 5) is 22.3. The molecule has 1 saturated heterocycles. The van der Waals surface area contributed by atoms with Crippen LogP contribution in [0.25, 0.3) is 0 Å². The number of fused-ring (bicyclic) bond motifs is 2. The van der Waals surface area contributed by atoms with Gasteiger partial charge >= 0.3 is 0 Å². The number of aromatic nitrogens is 2. The number of hydrogen-bond acceptors (Lipinski definition) is 4. The molecule has 3 heterocycles. The molecule has 1 aliphatic heterocycles. The highest BCUT2D eigenvalue weighted by molar-refractivity contribution is 9.10. The predicted molar refractivity (Wildman–Crippen MR) is 136 cm³/mol. The van der Waals surface area contributed by atoms with E-state index in [0.29, 0.717) is 19.5 Å². The number of amides is 1. The van der Waals surface area contributed by atoms with Gasteiger partial charge in [0.05, 0.1) is 18.2 Å². The number of halogens is 2. The van der Waals surface area contributed by atoms with Crippen molar-refractivity contribution in [1.82, 2.24) is 14.8 Å². The Labute approximate surface area is 216 Å². The summed E-state index contributed by atoms with van der Waals surface area (Å²) < 4.78 is 3.13. The van der Waals surface area contributed by atoms with E-state index in [0.717, 1.165) is 50.9 Å². The highest BCUT2D eigenvalue weighted by Crippen LogP contribution is 2.41. The van der Waals surface area contributed by atoms with Crippen LogP contribution in [0.1, 0.15) is 39.6 Å². The Morgan fingerprint density at radius 1 is 1.09 bits per heavy atom. The van der Waals surface area contributed by atoms with Gasteiger partial charge in [-0.05, 0) is 75.6 Å². The Hall–Kier alpha value is -2.29. The van der Waals surface area contributed by atoms with E-state index < -0.39 is 0 Å². The topological polar surface area (TPSA) is 60.6 Å². The van der Waals surface area contributed by atoms with Gasteiger partial charge in [0.25, 0.3) is 0 Å². The van der Waals surface area contributed by atoms with Gasteiger partial charge < -0.3 is 4.90 Å². The first-order chi connectivity index (χ1) is 16.4. The second-order valence-corrected chi connectivity index (χ2v) is 10.9. The fourth-order valence-electron chi connectivity index (χ4n) is 5.12. The lowest BCUT2D eigenvalue weighted by atomic mass is 9.94. The molecular weight excluding hydrogens is 560 g/mol. The van der Waals surface area contributed by atoms with Crippen LogP contribution < -0.4 is 4.73 Å². The van der Waals surface area contributed by atoms with Gasteiger partial charge in [-0.25, -0.2) is 0 Å². The van der Waals surface area contributed by atoms with Crippen LogP contribution in [0.15, 0.2) is 57.9 Å². The van der Waals surface area contributed by atoms with E-state index >= 15 is 0 Å². The summed E-state index contributed by atoms with van der Waals surface area (Å²) in [6, 6.07) is 10.3. The molecule has 1 N–H and O–H groups in total. The molecule has 0 saturated carbocycles. The minimum Gasteiger partial charge on any atom is -0.340 e. The summed E-state index contributed by atoms with van der Waals surface area (Å²) in [5.41, 5.74) is 7.23. The van der Waals surface area contributed by atoms with Crippen LogP contribution in [0.5, 0.6) is 0 Å². The van der Waals surface area contributed by atoms with Crippen LogP contribution in [0, 0.1) is 6.92 Å². The van der Waals surface area contributed by atoms with Crippen molar-refractivity contribution in [3.8, 4) is 0 Å². The van der Waals surface area contributed by atoms with Crippen LogP contribution in [0.4, 0.5) is 0 Å². The molecule has 0 radical (unpaired) electrons. The van der Waals surface area contributed by atoms with Crippen molar-refractivity contribution in [2.45, 2.75) is 32.2 Å². The molecule has 1 aromatic carbocycles. The molecule has 0 spiro atoms. The van der Waals surface area contributed by atoms with Crippen molar-refractivity contribution in [2.24, 2.45) is 0 Å². The number of carbonyl (C=O) groups excluding carboxylic acids is 1. The van der Waals surface area contributed by atoms with E-state index in [4.69, 9.17) is 4.98 Å². The Balaban J connectivity index is 1.40. The van der Waals surface area contributed by atoms with Gasteiger partial charge in [-0.2, -0.15) is 0 Å². The SMILES string of the molecule is Cc1cc(Br)c2c(c1)CCc1cc(Br)cnc1C2N1CCN(C(=O)Cc2cc[n+](O)cc2)CC1. The molecule has 1 aliphatic carbocycles. The van der Waals surface area contributed by atoms with Gasteiger partial charge in [-0.1, -0.05) is 22.0 Å². The Bertz CT molecular complexity index is 1220. The maximum absolute atomic E-state index is 12.9. The van der Waals surface area contributed by atoms with Crippen molar-refractivity contribution in [2.75, 3.05) is 26.2 Å². The zero-order chi connectivity index (χ0) is 23.8. The van der Waals surface area contributed by atoms with Crippen LogP contribution in [-0.4, -0.2) is 52.1 Å². The molecule has 34 heavy (non-hydrogen) atoms. The zero-order valence-corrected chi connectivity index (χ0v) is 22.2. The third kappa shape index (κ3) is 4.76. The number of carbonyl (C=O) groups is 1. The van der Waals surface area contributed by atoms with Crippen LogP contribution >= 0.6 is 31.9 Å². The summed E-state index contributed by atoms with van der Waals surface area (Å²) in [7, 11) is 0. The number of benzene rings is 1. The second-order valence-electron chi connectivity index (χ2n) is 9.10. The van der Waals surface area contributed by atoms with Gasteiger partial charge in [0.1, 0.15) is 0 Å². The van der Waals surface area contributed by atoms with Crippen molar-refractivity contribution in [1.29, 1.82) is 0 Å². The molecule has 0 bridgehead atoms. The minimum absolute atomic E-state index is 0.0574. The Morgan fingerprint density at radius 2 is 1.79 bits per heavy atom. The summed E-state index contributed by atoms with van der Waals surface area (Å²) in [5, 5.41) is 9.41. The Kier molecular flexibility index (Phi) is 6.73. The van der Waals surface area contributed by atoms with Gasteiger partial charge in [0.15, 0.2) is 0 Å². The average Bonchev–Trinajstić information content (AvgIpc) is 2.97. The average molecular weight is 587 g/mol. The predicted octanol–water partition coefficient (Wildman–Crippen LogP) is 4.01. The van der Waals surface area contributed by atoms with Crippen molar-refractivity contribution in [3.05, 3.63) is 91.4 Å². The lowest BCUT2D eigenvalue weighted by Crippen LogP contribution is -2.50. The molecule has 1 fully saturated rings. The fraction of sp³-hybridized carbons (Fsp3) is 0.346. The number of nitrogens with zero attached hydrogens (tertiary/aromatic N) is 4. The van der Waals surface area contributed by atoms with Crippen LogP contribution in [0.2, 0.25) is 0 Å². The number of hydrogen-bond donors (Lipinski definition) is 1. The van der Waals surface area contributed by atoms with E-state index in [1.807, 2.05) is 11.1 Å². The lowest BCUT2D eigenvalue weighted by Gasteiger charge is -2.40. The normalized spacial score (nSPS) is 18.2. The minimum atomic E-state index is 0.0574. The van der Waals surface area contributed by atoms with E-state index in [1.54, 1.807) is 24.5 Å². The third-order valence-electron chi connectivity index (χ3n) is 6.79. The molecule has 2 aliphatic rings. The van der Waals surface area contributed by atoms with Gasteiger partial charge in [0.2, 0.25) is 18.3 Å². The maximum Gasteiger partial charge on any atom is 0.227 e. The van der Waals surface area contributed by atoms with Crippen molar-refractivity contribution in [3.63, 3.8) is 0 Å². The molecule has 8 heteroatoms. The largest absolute Gasteiger partial charge is 0.340 e. The standard InChI is InChI=1S/C26H27Br2N4O2/c1-17-12-19-2-3-20-15-21(27)16-29-25(20)26(24(19)22(28)13-17)31-10-8-30(9-11-31)23(33)14-18-4-6-32(34)7-5-18/h4-7,12-13,15-16,26,34H,2-3,8-11,14H2,1H3/q+1. The summed E-state index contributed by atoms with van der Waals surface area (Å²) in [6.07, 6.45) is 7.29. The van der Waals surface area contributed by atoms with E-state index in [9.17, 15) is 10.0 Å². The smallest absolute Gasteiger partial charge is 0.227 e. The van der Waals surface area contributed by atoms with E-state index in [-0.39, 0.29) is 11.9 Å². The highest BCUT2D eigenvalue weighted by Gasteiger charge is 2.34. The number of rotatable bonds is 3. The van der Waals surface area contributed by atoms with Gasteiger partial charge in [-0.15, -0.1) is 0 Å². The van der Waals surface area contributed by atoms with E-state index in [2.05, 4.69) is 61.9 Å². The second kappa shape index (κ2) is 9.76. The highest BCUT2D eigenvalue weighted by atomic mass is 79.9. The first-order valence-electron chi connectivity index (χ1n) is 11.5. The first-order valence-corrected chi connectivity index (χ1v) is 13.1. The first kappa shape index (κ1) is 23.5. The monoisotopic (exact) mass is 585 g/mol. The zero-order valence-electron chi connectivity index (χ0n) is 19.0. The molecule has 5 rings (SSSR count). The van der Waals surface area contributed by atoms with Gasteiger partial charge in [0, 0.05) is 58.2 Å². The number of aryl methyl sites for hydroxylation is 3. The molecule has 1 unspecified atom stereocenters. The summed E-state index contributed by atoms with van der Waals surface area (Å²) in [5.74, 6) is 0.121. The fourth-order valence-corrected chi connectivity index (χ4v) is 6.33. The van der Waals surface area contributed by atoms with Gasteiger partial charge in [-0.3, -0.25) is 19.9 Å². The van der Waals surface area contributed by atoms with Crippen molar-refractivity contribution >= 4 is 37.8 Å². The molecular formula is C26H27Br2N4O2+. The van der Waals surface area contributed by atoms with Crippen LogP contribution in [-0.2, 0) is 24.1 Å². The molecule has 6 nitrogen and oxygen atoms in total. The summed E-state index contributed by atoms with van der Waals surface area (Å²) in [6.45, 7) is 5.10. The maximum atomic E-state index is 12.9.